The fourth-order valence-electron chi connectivity index (χ4n) is 3.87. The van der Waals surface area contributed by atoms with Crippen LogP contribution in [-0.2, 0) is 19.6 Å². The van der Waals surface area contributed by atoms with Crippen LogP contribution in [0.2, 0.25) is 5.02 Å². The zero-order valence-electron chi connectivity index (χ0n) is 18.0. The molecule has 1 aliphatic rings. The van der Waals surface area contributed by atoms with Gasteiger partial charge in [0, 0.05) is 5.56 Å². The quantitative estimate of drug-likeness (QED) is 0.441. The van der Waals surface area contributed by atoms with Gasteiger partial charge in [-0.15, -0.1) is 6.58 Å². The van der Waals surface area contributed by atoms with E-state index in [9.17, 15) is 22.4 Å². The first-order chi connectivity index (χ1) is 15.6. The summed E-state index contributed by atoms with van der Waals surface area (Å²) in [4.78, 5) is 25.0. The van der Waals surface area contributed by atoms with Crippen molar-refractivity contribution in [2.75, 3.05) is 18.0 Å². The van der Waals surface area contributed by atoms with Gasteiger partial charge in [0.2, 0.25) is 0 Å². The number of hydrogen-bond donors (Lipinski definition) is 1. The molecule has 1 aliphatic carbocycles. The lowest BCUT2D eigenvalue weighted by Gasteiger charge is -2.27. The van der Waals surface area contributed by atoms with Crippen molar-refractivity contribution in [1.29, 1.82) is 0 Å². The monoisotopic (exact) mass is 494 g/mol. The summed E-state index contributed by atoms with van der Waals surface area (Å²) in [6.07, 6.45) is 3.75. The highest BCUT2D eigenvalue weighted by atomic mass is 35.5. The van der Waals surface area contributed by atoms with Crippen molar-refractivity contribution < 1.29 is 27.1 Å². The summed E-state index contributed by atoms with van der Waals surface area (Å²) in [5, 5.41) is 2.64. The first-order valence-corrected chi connectivity index (χ1v) is 12.1. The maximum atomic E-state index is 13.5. The second kappa shape index (κ2) is 9.93. The third-order valence-electron chi connectivity index (χ3n) is 5.56. The van der Waals surface area contributed by atoms with Gasteiger partial charge in [0.1, 0.15) is 16.3 Å². The van der Waals surface area contributed by atoms with Gasteiger partial charge in [-0.1, -0.05) is 30.5 Å². The third-order valence-corrected chi connectivity index (χ3v) is 7.83. The molecule has 2 aromatic rings. The summed E-state index contributed by atoms with van der Waals surface area (Å²) in [6.45, 7) is 3.48. The summed E-state index contributed by atoms with van der Waals surface area (Å²) in [5.41, 5.74) is -0.920. The normalized spacial score (nSPS) is 15.0. The number of anilines is 1. The minimum atomic E-state index is -4.24. The van der Waals surface area contributed by atoms with Gasteiger partial charge in [-0.25, -0.2) is 17.6 Å². The predicted molar refractivity (Wildman–Crippen MR) is 123 cm³/mol. The average Bonchev–Trinajstić information content (AvgIpc) is 3.27. The van der Waals surface area contributed by atoms with Crippen LogP contribution in [0.4, 0.5) is 10.1 Å². The van der Waals surface area contributed by atoms with Gasteiger partial charge in [0.15, 0.2) is 0 Å². The number of nitrogens with one attached hydrogen (secondary N) is 1. The Labute approximate surface area is 197 Å². The van der Waals surface area contributed by atoms with Crippen LogP contribution in [0, 0.1) is 5.82 Å². The fourth-order valence-corrected chi connectivity index (χ4v) is 5.81. The molecule has 0 radical (unpaired) electrons. The Morgan fingerprint density at radius 2 is 1.85 bits per heavy atom. The van der Waals surface area contributed by atoms with Crippen LogP contribution in [0.25, 0.3) is 0 Å². The Morgan fingerprint density at radius 3 is 2.42 bits per heavy atom. The van der Waals surface area contributed by atoms with Crippen LogP contribution >= 0.6 is 11.6 Å². The summed E-state index contributed by atoms with van der Waals surface area (Å²) in [7, 11) is -2.99. The van der Waals surface area contributed by atoms with Crippen LogP contribution in [0.5, 0.6) is 0 Å². The van der Waals surface area contributed by atoms with Gasteiger partial charge in [-0.3, -0.25) is 9.10 Å². The van der Waals surface area contributed by atoms with Crippen LogP contribution in [-0.4, -0.2) is 39.5 Å². The number of carbonyl (C=O) groups excluding carboxylic acids is 2. The van der Waals surface area contributed by atoms with Crippen LogP contribution in [0.15, 0.2) is 60.0 Å². The van der Waals surface area contributed by atoms with Gasteiger partial charge in [-0.05, 0) is 55.3 Å². The molecule has 1 amide bonds. The molecule has 0 spiro atoms. The predicted octanol–water partition coefficient (Wildman–Crippen LogP) is 4.08. The number of carbonyl (C=O) groups is 2. The van der Waals surface area contributed by atoms with E-state index in [2.05, 4.69) is 11.9 Å². The number of rotatable bonds is 8. The van der Waals surface area contributed by atoms with E-state index >= 15 is 0 Å². The Morgan fingerprint density at radius 1 is 1.21 bits per heavy atom. The van der Waals surface area contributed by atoms with Crippen molar-refractivity contribution in [1.82, 2.24) is 5.32 Å². The van der Waals surface area contributed by atoms with E-state index < -0.39 is 33.3 Å². The minimum Gasteiger partial charge on any atom is -0.467 e. The summed E-state index contributed by atoms with van der Waals surface area (Å²) in [6, 6.07) is 8.77. The van der Waals surface area contributed by atoms with Crippen molar-refractivity contribution in [3.63, 3.8) is 0 Å². The molecule has 33 heavy (non-hydrogen) atoms. The number of benzene rings is 2. The lowest BCUT2D eigenvalue weighted by atomic mass is 9.97. The SMILES string of the molecule is C=CCN(c1ccc(F)cc1)S(=O)(=O)c1cc(C(=O)NC2(C(=O)OC)CCCC2)ccc1Cl. The molecule has 0 atom stereocenters. The number of amides is 1. The lowest BCUT2D eigenvalue weighted by molar-refractivity contribution is -0.148. The zero-order chi connectivity index (χ0) is 24.2. The van der Waals surface area contributed by atoms with Crippen molar-refractivity contribution in [3.05, 3.63) is 71.5 Å². The fraction of sp³-hybridized carbons (Fsp3) is 0.304. The van der Waals surface area contributed by atoms with Crippen molar-refractivity contribution in [3.8, 4) is 0 Å². The molecule has 0 aliphatic heterocycles. The molecule has 176 valence electrons. The smallest absolute Gasteiger partial charge is 0.331 e. The number of nitrogens with zero attached hydrogens (tertiary/aromatic N) is 1. The number of sulfonamides is 1. The average molecular weight is 495 g/mol. The third kappa shape index (κ3) is 5.04. The topological polar surface area (TPSA) is 92.8 Å². The molecular weight excluding hydrogens is 471 g/mol. The second-order valence-electron chi connectivity index (χ2n) is 7.68. The number of esters is 1. The molecule has 10 heteroatoms. The van der Waals surface area contributed by atoms with Crippen molar-refractivity contribution in [2.24, 2.45) is 0 Å². The maximum Gasteiger partial charge on any atom is 0.331 e. The summed E-state index contributed by atoms with van der Waals surface area (Å²) in [5.74, 6) is -1.67. The summed E-state index contributed by atoms with van der Waals surface area (Å²) >= 11 is 6.22. The molecule has 3 rings (SSSR count). The lowest BCUT2D eigenvalue weighted by Crippen LogP contribution is -2.53. The zero-order valence-corrected chi connectivity index (χ0v) is 19.6. The Kier molecular flexibility index (Phi) is 7.44. The largest absolute Gasteiger partial charge is 0.467 e. The van der Waals surface area contributed by atoms with Crippen molar-refractivity contribution in [2.45, 2.75) is 36.1 Å². The molecule has 1 N–H and O–H groups in total. The molecule has 0 bridgehead atoms. The van der Waals surface area contributed by atoms with E-state index in [4.69, 9.17) is 16.3 Å². The van der Waals surface area contributed by atoms with Gasteiger partial charge < -0.3 is 10.1 Å². The highest BCUT2D eigenvalue weighted by Crippen LogP contribution is 2.33. The van der Waals surface area contributed by atoms with E-state index in [1.54, 1.807) is 0 Å². The molecule has 0 aromatic heterocycles. The molecule has 1 fully saturated rings. The van der Waals surface area contributed by atoms with E-state index in [-0.39, 0.29) is 27.7 Å². The first-order valence-electron chi connectivity index (χ1n) is 10.2. The Bertz CT molecular complexity index is 1160. The second-order valence-corrected chi connectivity index (χ2v) is 9.92. The number of hydrogen-bond acceptors (Lipinski definition) is 5. The van der Waals surface area contributed by atoms with Crippen LogP contribution in [0.3, 0.4) is 0 Å². The standard InChI is InChI=1S/C23H24ClFN2O5S/c1-3-14-27(18-9-7-17(25)8-10-18)33(30,31)20-15-16(6-11-19(20)24)21(28)26-23(22(29)32-2)12-4-5-13-23/h3,6-11,15H,1,4-5,12-14H2,2H3,(H,26,28). The number of ether oxygens (including phenoxy) is 1. The van der Waals surface area contributed by atoms with Crippen LogP contribution in [0.1, 0.15) is 36.0 Å². The summed E-state index contributed by atoms with van der Waals surface area (Å²) < 4.78 is 46.2. The molecule has 0 unspecified atom stereocenters. The number of halogens is 2. The maximum absolute atomic E-state index is 13.5. The van der Waals surface area contributed by atoms with E-state index in [1.807, 2.05) is 0 Å². The minimum absolute atomic E-state index is 0.0193. The first kappa shape index (κ1) is 24.7. The van der Waals surface area contributed by atoms with Gasteiger partial charge in [0.05, 0.1) is 24.4 Å². The molecule has 1 saturated carbocycles. The van der Waals surface area contributed by atoms with Gasteiger partial charge in [0.25, 0.3) is 15.9 Å². The van der Waals surface area contributed by atoms with Gasteiger partial charge >= 0.3 is 5.97 Å². The Hall–Kier alpha value is -2.91. The van der Waals surface area contributed by atoms with Crippen molar-refractivity contribution >= 4 is 39.2 Å². The van der Waals surface area contributed by atoms with Gasteiger partial charge in [-0.2, -0.15) is 0 Å². The number of methoxy groups -OCH3 is 1. The highest BCUT2D eigenvalue weighted by molar-refractivity contribution is 7.93. The van der Waals surface area contributed by atoms with Crippen LogP contribution < -0.4 is 9.62 Å². The highest BCUT2D eigenvalue weighted by Gasteiger charge is 2.43. The molecule has 7 nitrogen and oxygen atoms in total. The van der Waals surface area contributed by atoms with E-state index in [0.29, 0.717) is 12.8 Å². The molecule has 2 aromatic carbocycles. The molecular formula is C23H24ClFN2O5S. The van der Waals surface area contributed by atoms with E-state index in [0.717, 1.165) is 35.3 Å². The Balaban J connectivity index is 1.98. The molecule has 0 heterocycles. The van der Waals surface area contributed by atoms with E-state index in [1.165, 1.54) is 37.5 Å². The molecule has 0 saturated heterocycles.